The van der Waals surface area contributed by atoms with Crippen LogP contribution in [-0.2, 0) is 47.5 Å². The molecule has 8 atom stereocenters. The average Bonchev–Trinajstić information content (AvgIpc) is 3.07. The summed E-state index contributed by atoms with van der Waals surface area (Å²) in [5, 5.41) is 33.5. The Kier molecular flexibility index (Phi) is 17.2. The summed E-state index contributed by atoms with van der Waals surface area (Å²) in [5.74, 6) is -4.26. The molecule has 3 aliphatic heterocycles. The Morgan fingerprint density at radius 1 is 1.02 bits per heavy atom. The van der Waals surface area contributed by atoms with Crippen molar-refractivity contribution in [3.63, 3.8) is 0 Å². The molecule has 0 amide bonds. The fourth-order valence-electron chi connectivity index (χ4n) is 6.73. The van der Waals surface area contributed by atoms with Gasteiger partial charge in [0.2, 0.25) is 5.79 Å². The van der Waals surface area contributed by atoms with Crippen molar-refractivity contribution in [1.29, 1.82) is 0 Å². The number of aliphatic hydroxyl groups excluding tert-OH is 2. The number of carbonyl (C=O) groups excluding carboxylic acids is 3. The van der Waals surface area contributed by atoms with Gasteiger partial charge in [0.1, 0.15) is 6.10 Å². The minimum atomic E-state index is -2.26. The van der Waals surface area contributed by atoms with Crippen LogP contribution in [0.3, 0.4) is 0 Å². The Labute approximate surface area is 309 Å². The number of methoxy groups -OCH3 is 1. The molecule has 52 heavy (non-hydrogen) atoms. The Bertz CT molecular complexity index is 1210. The maximum absolute atomic E-state index is 13.3. The van der Waals surface area contributed by atoms with Crippen molar-refractivity contribution in [2.24, 2.45) is 10.8 Å². The molecule has 13 nitrogen and oxygen atoms in total. The molecule has 3 rings (SSSR count). The van der Waals surface area contributed by atoms with Gasteiger partial charge < -0.3 is 48.5 Å². The van der Waals surface area contributed by atoms with E-state index in [0.717, 1.165) is 25.7 Å². The van der Waals surface area contributed by atoms with Gasteiger partial charge in [-0.1, -0.05) is 73.3 Å². The van der Waals surface area contributed by atoms with Gasteiger partial charge >= 0.3 is 17.9 Å². The van der Waals surface area contributed by atoms with Crippen LogP contribution < -0.4 is 0 Å². The third-order valence-electron chi connectivity index (χ3n) is 10.0. The third kappa shape index (κ3) is 13.2. The normalized spacial score (nSPS) is 33.8. The molecule has 0 aromatic carbocycles. The summed E-state index contributed by atoms with van der Waals surface area (Å²) in [4.78, 5) is 38.9. The number of cyclic esters (lactones) is 1. The highest BCUT2D eigenvalue weighted by atomic mass is 16.7. The van der Waals surface area contributed by atoms with E-state index in [0.29, 0.717) is 25.9 Å². The van der Waals surface area contributed by atoms with Crippen molar-refractivity contribution in [3.05, 3.63) is 23.8 Å². The van der Waals surface area contributed by atoms with Gasteiger partial charge in [-0.15, -0.1) is 0 Å². The van der Waals surface area contributed by atoms with E-state index in [-0.39, 0.29) is 61.9 Å². The quantitative estimate of drug-likeness (QED) is 0.0966. The molecule has 3 N–H and O–H groups in total. The molecule has 0 spiro atoms. The van der Waals surface area contributed by atoms with Gasteiger partial charge in [-0.25, -0.2) is 4.79 Å². The predicted molar refractivity (Wildman–Crippen MR) is 191 cm³/mol. The molecule has 1 unspecified atom stereocenters. The van der Waals surface area contributed by atoms with Crippen LogP contribution in [0.2, 0.25) is 0 Å². The summed E-state index contributed by atoms with van der Waals surface area (Å²) in [5.41, 5.74) is -1.31. The molecule has 2 saturated heterocycles. The number of ether oxygens (including phenoxy) is 7. The first-order valence-corrected chi connectivity index (χ1v) is 19.0. The van der Waals surface area contributed by atoms with Crippen molar-refractivity contribution in [2.75, 3.05) is 26.9 Å². The SMILES string of the molecule is CCCCCCCC(=O)O[C@H]1/C(=C/C(=O)OC)CC2C[C@H](CO)OC(=O)C[C@H](O)CCO[C@H](C(C)(C)C)C[C@@H]3CCO[C@H](/C=C/C(C)(C)[C@]1(O)O2)O3. The van der Waals surface area contributed by atoms with Crippen molar-refractivity contribution in [1.82, 2.24) is 0 Å². The third-order valence-corrected chi connectivity index (χ3v) is 10.0. The minimum Gasteiger partial charge on any atom is -0.466 e. The van der Waals surface area contributed by atoms with E-state index in [1.807, 2.05) is 0 Å². The Hall–Kier alpha value is -2.39. The zero-order valence-corrected chi connectivity index (χ0v) is 32.3. The fourth-order valence-corrected chi connectivity index (χ4v) is 6.73. The number of esters is 3. The maximum Gasteiger partial charge on any atom is 0.330 e. The van der Waals surface area contributed by atoms with Crippen LogP contribution in [0.4, 0.5) is 0 Å². The van der Waals surface area contributed by atoms with Crippen LogP contribution in [0.25, 0.3) is 0 Å². The zero-order chi connectivity index (χ0) is 38.5. The Morgan fingerprint density at radius 2 is 1.73 bits per heavy atom. The molecule has 0 saturated carbocycles. The molecular formula is C39H64O13. The molecule has 3 heterocycles. The monoisotopic (exact) mass is 740 g/mol. The van der Waals surface area contributed by atoms with Gasteiger partial charge in [-0.05, 0) is 42.7 Å². The van der Waals surface area contributed by atoms with Crippen LogP contribution in [0.5, 0.6) is 0 Å². The van der Waals surface area contributed by atoms with Crippen LogP contribution in [0, 0.1) is 10.8 Å². The van der Waals surface area contributed by atoms with Crippen LogP contribution in [0.1, 0.15) is 119 Å². The van der Waals surface area contributed by atoms with E-state index in [1.165, 1.54) is 13.2 Å². The number of fused-ring (bicyclic) bond motifs is 4. The molecule has 0 aliphatic carbocycles. The fraction of sp³-hybridized carbons (Fsp3) is 0.821. The standard InChI is InChI=1S/C39H64O13/c1-8-9-10-11-12-13-32(42)51-36-26(21-33(43)46-7)20-29-23-30(25-40)49-34(44)22-27(41)15-18-47-31(37(2,3)4)24-28-16-19-48-35(50-28)14-17-38(5,6)39(36,45)52-29/h14,17,21,27-31,35-36,40-41,45H,8-13,15-16,18-20,22-25H2,1-7H3/b17-14+,26-21+/t27-,28+,29?,30-,31+,35+,36+,39-/m1/s1. The smallest absolute Gasteiger partial charge is 0.330 e. The molecular weight excluding hydrogens is 676 g/mol. The second-order valence-electron chi connectivity index (χ2n) is 15.9. The van der Waals surface area contributed by atoms with Gasteiger partial charge in [0.25, 0.3) is 0 Å². The van der Waals surface area contributed by atoms with E-state index in [1.54, 1.807) is 26.0 Å². The van der Waals surface area contributed by atoms with E-state index in [2.05, 4.69) is 27.7 Å². The number of carbonyl (C=O) groups is 3. The number of hydrogen-bond acceptors (Lipinski definition) is 13. The first-order chi connectivity index (χ1) is 24.5. The highest BCUT2D eigenvalue weighted by Gasteiger charge is 2.57. The van der Waals surface area contributed by atoms with E-state index >= 15 is 0 Å². The summed E-state index contributed by atoms with van der Waals surface area (Å²) in [6.07, 6.45) is 4.56. The number of rotatable bonds is 9. The molecule has 298 valence electrons. The van der Waals surface area contributed by atoms with Gasteiger partial charge in [0, 0.05) is 37.4 Å². The van der Waals surface area contributed by atoms with E-state index < -0.39 is 66.4 Å². The first kappa shape index (κ1) is 44.0. The largest absolute Gasteiger partial charge is 0.466 e. The lowest BCUT2D eigenvalue weighted by Crippen LogP contribution is -2.62. The lowest BCUT2D eigenvalue weighted by atomic mass is 9.74. The summed E-state index contributed by atoms with van der Waals surface area (Å²) in [6, 6.07) is 0. The number of unbranched alkanes of at least 4 members (excludes halogenated alkanes) is 4. The summed E-state index contributed by atoms with van der Waals surface area (Å²) in [6.45, 7) is 11.8. The maximum atomic E-state index is 13.3. The summed E-state index contributed by atoms with van der Waals surface area (Å²) < 4.78 is 41.4. The van der Waals surface area contributed by atoms with Crippen molar-refractivity contribution < 1.29 is 62.9 Å². The van der Waals surface area contributed by atoms with Gasteiger partial charge in [-0.3, -0.25) is 9.59 Å². The lowest BCUT2D eigenvalue weighted by molar-refractivity contribution is -0.327. The van der Waals surface area contributed by atoms with Gasteiger partial charge in [0.15, 0.2) is 12.4 Å². The second-order valence-corrected chi connectivity index (χ2v) is 15.9. The van der Waals surface area contributed by atoms with E-state index in [4.69, 9.17) is 33.2 Å². The zero-order valence-electron chi connectivity index (χ0n) is 32.3. The second kappa shape index (κ2) is 20.3. The summed E-state index contributed by atoms with van der Waals surface area (Å²) in [7, 11) is 1.22. The van der Waals surface area contributed by atoms with Crippen LogP contribution in [-0.4, -0.2) is 109 Å². The minimum absolute atomic E-state index is 0.00879. The number of aliphatic hydroxyl groups is 3. The molecule has 4 bridgehead atoms. The van der Waals surface area contributed by atoms with Crippen LogP contribution >= 0.6 is 0 Å². The van der Waals surface area contributed by atoms with Gasteiger partial charge in [-0.2, -0.15) is 0 Å². The molecule has 13 heteroatoms. The number of hydrogen-bond donors (Lipinski definition) is 3. The van der Waals surface area contributed by atoms with Crippen molar-refractivity contribution >= 4 is 17.9 Å². The van der Waals surface area contributed by atoms with E-state index in [9.17, 15) is 29.7 Å². The Balaban J connectivity index is 2.03. The molecule has 0 aromatic heterocycles. The average molecular weight is 741 g/mol. The van der Waals surface area contributed by atoms with Crippen LogP contribution in [0.15, 0.2) is 23.8 Å². The molecule has 0 aromatic rings. The molecule has 2 fully saturated rings. The molecule has 0 radical (unpaired) electrons. The first-order valence-electron chi connectivity index (χ1n) is 19.0. The van der Waals surface area contributed by atoms with Crippen molar-refractivity contribution in [2.45, 2.75) is 167 Å². The topological polar surface area (TPSA) is 177 Å². The highest BCUT2D eigenvalue weighted by Crippen LogP contribution is 2.47. The predicted octanol–water partition coefficient (Wildman–Crippen LogP) is 4.82. The lowest BCUT2D eigenvalue weighted by Gasteiger charge is -2.51. The highest BCUT2D eigenvalue weighted by molar-refractivity contribution is 5.83. The summed E-state index contributed by atoms with van der Waals surface area (Å²) >= 11 is 0. The van der Waals surface area contributed by atoms with Gasteiger partial charge in [0.05, 0.1) is 51.2 Å². The Morgan fingerprint density at radius 3 is 2.40 bits per heavy atom. The van der Waals surface area contributed by atoms with Crippen molar-refractivity contribution in [3.8, 4) is 0 Å². The molecule has 3 aliphatic rings.